The van der Waals surface area contributed by atoms with Gasteiger partial charge in [0.15, 0.2) is 19.7 Å². The van der Waals surface area contributed by atoms with E-state index >= 15 is 0 Å². The van der Waals surface area contributed by atoms with E-state index in [0.29, 0.717) is 18.7 Å². The highest BCUT2D eigenvalue weighted by Gasteiger charge is 2.66. The molecule has 3 heterocycles. The highest BCUT2D eigenvalue weighted by atomic mass is 79.9. The molecule has 3 aromatic rings. The predicted octanol–water partition coefficient (Wildman–Crippen LogP) is 4.34. The number of carbonyl (C=O) groups is 1. The molecule has 0 aliphatic carbocycles. The van der Waals surface area contributed by atoms with Crippen molar-refractivity contribution >= 4 is 35.8 Å². The number of anilines is 1. The van der Waals surface area contributed by atoms with E-state index in [9.17, 15) is 19.5 Å². The predicted molar refractivity (Wildman–Crippen MR) is 155 cm³/mol. The van der Waals surface area contributed by atoms with Crippen molar-refractivity contribution < 1.29 is 24.2 Å². The number of aliphatic hydroxyl groups is 1. The summed E-state index contributed by atoms with van der Waals surface area (Å²) in [5.41, 5.74) is 1.40. The lowest BCUT2D eigenvalue weighted by Gasteiger charge is -2.32. The number of methoxy groups -OCH3 is 1. The summed E-state index contributed by atoms with van der Waals surface area (Å²) < 4.78 is 14.1. The summed E-state index contributed by atoms with van der Waals surface area (Å²) in [6, 6.07) is 16.6. The van der Waals surface area contributed by atoms with Crippen LogP contribution in [0, 0.1) is 5.92 Å². The molecule has 8 nitrogen and oxygen atoms in total. The second-order valence-corrected chi connectivity index (χ2v) is 15.7. The van der Waals surface area contributed by atoms with Gasteiger partial charge in [0.25, 0.3) is 11.5 Å². The molecular formula is C29H33BrN2O6Si. The number of nitrogens with zero attached hydrogens (tertiary/aromatic N) is 2. The Morgan fingerprint density at radius 3 is 2.49 bits per heavy atom. The number of rotatable bonds is 7. The van der Waals surface area contributed by atoms with Crippen LogP contribution in [0.15, 0.2) is 70.1 Å². The first-order valence-corrected chi connectivity index (χ1v) is 16.8. The Kier molecular flexibility index (Phi) is 7.36. The van der Waals surface area contributed by atoms with Crippen LogP contribution in [0.4, 0.5) is 5.69 Å². The zero-order valence-electron chi connectivity index (χ0n) is 22.4. The Morgan fingerprint density at radius 1 is 1.13 bits per heavy atom. The number of halogens is 1. The number of amides is 1. The molecule has 39 heavy (non-hydrogen) atoms. The second-order valence-electron chi connectivity index (χ2n) is 10.8. The van der Waals surface area contributed by atoms with Gasteiger partial charge in [0.05, 0.1) is 25.4 Å². The van der Waals surface area contributed by atoms with Crippen LogP contribution in [0.25, 0.3) is 5.69 Å². The van der Waals surface area contributed by atoms with E-state index in [0.717, 1.165) is 21.3 Å². The van der Waals surface area contributed by atoms with Crippen LogP contribution in [-0.2, 0) is 21.7 Å². The van der Waals surface area contributed by atoms with E-state index in [1.54, 1.807) is 23.2 Å². The molecule has 0 bridgehead atoms. The van der Waals surface area contributed by atoms with Gasteiger partial charge in [0.2, 0.25) is 0 Å². The van der Waals surface area contributed by atoms with E-state index < -0.39 is 20.0 Å². The van der Waals surface area contributed by atoms with Crippen LogP contribution >= 0.6 is 15.9 Å². The Labute approximate surface area is 237 Å². The zero-order valence-corrected chi connectivity index (χ0v) is 25.0. The number of fused-ring (bicyclic) bond motifs is 2. The molecule has 0 radical (unpaired) electrons. The van der Waals surface area contributed by atoms with Gasteiger partial charge >= 0.3 is 0 Å². The van der Waals surface area contributed by atoms with Gasteiger partial charge in [-0.2, -0.15) is 0 Å². The molecule has 2 aromatic carbocycles. The Bertz CT molecular complexity index is 1450. The lowest BCUT2D eigenvalue weighted by Crippen LogP contribution is -2.46. The molecule has 10 heteroatoms. The van der Waals surface area contributed by atoms with Gasteiger partial charge in [-0.3, -0.25) is 14.2 Å². The van der Waals surface area contributed by atoms with Crippen molar-refractivity contribution in [2.45, 2.75) is 50.2 Å². The average Bonchev–Trinajstić information content (AvgIpc) is 3.31. The summed E-state index contributed by atoms with van der Waals surface area (Å²) in [6.45, 7) is 5.96. The van der Waals surface area contributed by atoms with E-state index in [1.165, 1.54) is 11.7 Å². The van der Waals surface area contributed by atoms with Crippen molar-refractivity contribution in [3.63, 3.8) is 0 Å². The number of aliphatic hydroxyl groups excluding tert-OH is 1. The van der Waals surface area contributed by atoms with Gasteiger partial charge < -0.3 is 24.3 Å². The third kappa shape index (κ3) is 4.58. The number of ether oxygens (including phenoxy) is 2. The largest absolute Gasteiger partial charge is 0.491 e. The third-order valence-corrected chi connectivity index (χ3v) is 11.0. The van der Waals surface area contributed by atoms with Crippen molar-refractivity contribution in [2.24, 2.45) is 5.92 Å². The summed E-state index contributed by atoms with van der Waals surface area (Å²) in [5.74, 6) is -0.191. The minimum atomic E-state index is -2.75. The molecule has 1 aromatic heterocycles. The summed E-state index contributed by atoms with van der Waals surface area (Å²) in [4.78, 5) is 39.9. The molecule has 1 saturated heterocycles. The lowest BCUT2D eigenvalue weighted by molar-refractivity contribution is -0.146. The van der Waals surface area contributed by atoms with Gasteiger partial charge in [-0.25, -0.2) is 0 Å². The molecule has 1 spiro atoms. The fourth-order valence-electron chi connectivity index (χ4n) is 6.38. The highest BCUT2D eigenvalue weighted by Crippen LogP contribution is 2.60. The van der Waals surface area contributed by atoms with E-state index in [1.807, 2.05) is 62.5 Å². The standard InChI is InChI=1S/C29H33BrN2O6Si/c1-18-26(39(3,4)36)24(13-15-33)38-29(18)22-16-20(30)9-12-23(22)32(28(29)35)17-19-7-10-21(11-8-19)31-14-5-6-25(37-2)27(31)34/h5-12,14,16,18,24,26,33,36H,13,15,17H2,1-4H3/t18-,24+,26-,29+/m1/s1. The first-order valence-electron chi connectivity index (χ1n) is 13.0. The molecule has 1 amide bonds. The Morgan fingerprint density at radius 2 is 1.85 bits per heavy atom. The van der Waals surface area contributed by atoms with Crippen molar-refractivity contribution in [2.75, 3.05) is 18.6 Å². The number of hydrogen-bond acceptors (Lipinski definition) is 6. The van der Waals surface area contributed by atoms with Crippen LogP contribution in [0.5, 0.6) is 5.75 Å². The molecule has 0 unspecified atom stereocenters. The maximum atomic E-state index is 14.3. The van der Waals surface area contributed by atoms with Gasteiger partial charge in [0, 0.05) is 40.0 Å². The lowest BCUT2D eigenvalue weighted by atomic mass is 9.82. The van der Waals surface area contributed by atoms with Crippen molar-refractivity contribution in [1.29, 1.82) is 0 Å². The molecule has 206 valence electrons. The SMILES string of the molecule is COc1cccn(-c2ccc(CN3C(=O)[C@@]4(O[C@@H](CCO)[C@H]([Si](C)(C)O)[C@H]4C)c4cc(Br)ccc43)cc2)c1=O. The molecule has 2 aliphatic rings. The normalized spacial score (nSPS) is 24.4. The summed E-state index contributed by atoms with van der Waals surface area (Å²) >= 11 is 3.57. The Balaban J connectivity index is 1.51. The molecular weight excluding hydrogens is 580 g/mol. The van der Waals surface area contributed by atoms with Crippen molar-refractivity contribution in [3.05, 3.63) is 86.7 Å². The number of carbonyl (C=O) groups excluding carboxylic acids is 1. The maximum absolute atomic E-state index is 14.3. The number of aromatic nitrogens is 1. The minimum absolute atomic E-state index is 0.0829. The monoisotopic (exact) mass is 612 g/mol. The fraction of sp³-hybridized carbons (Fsp3) is 0.379. The van der Waals surface area contributed by atoms with Crippen LogP contribution < -0.4 is 15.2 Å². The van der Waals surface area contributed by atoms with Crippen LogP contribution in [0.1, 0.15) is 24.5 Å². The van der Waals surface area contributed by atoms with Crippen LogP contribution in [-0.4, -0.2) is 48.5 Å². The van der Waals surface area contributed by atoms with Gasteiger partial charge in [-0.15, -0.1) is 0 Å². The van der Waals surface area contributed by atoms with E-state index in [-0.39, 0.29) is 35.3 Å². The summed E-state index contributed by atoms with van der Waals surface area (Å²) in [6.07, 6.45) is 1.62. The first kappa shape index (κ1) is 27.8. The molecule has 5 rings (SSSR count). The molecule has 2 aliphatic heterocycles. The highest BCUT2D eigenvalue weighted by molar-refractivity contribution is 9.10. The van der Waals surface area contributed by atoms with Crippen LogP contribution in [0.3, 0.4) is 0 Å². The molecule has 2 N–H and O–H groups in total. The number of benzene rings is 2. The minimum Gasteiger partial charge on any atom is -0.491 e. The number of hydrogen-bond donors (Lipinski definition) is 2. The van der Waals surface area contributed by atoms with E-state index in [2.05, 4.69) is 15.9 Å². The van der Waals surface area contributed by atoms with Gasteiger partial charge in [0.1, 0.15) is 0 Å². The smallest absolute Gasteiger partial charge is 0.297 e. The number of pyridine rings is 1. The Hall–Kier alpha value is -2.76. The topological polar surface area (TPSA) is 101 Å². The van der Waals surface area contributed by atoms with Crippen molar-refractivity contribution in [3.8, 4) is 11.4 Å². The quantitative estimate of drug-likeness (QED) is 0.385. The van der Waals surface area contributed by atoms with Crippen LogP contribution in [0.2, 0.25) is 18.6 Å². The zero-order chi connectivity index (χ0) is 28.1. The fourth-order valence-corrected chi connectivity index (χ4v) is 9.35. The molecule has 4 atom stereocenters. The average molecular weight is 614 g/mol. The maximum Gasteiger partial charge on any atom is 0.297 e. The van der Waals surface area contributed by atoms with E-state index in [4.69, 9.17) is 9.47 Å². The van der Waals surface area contributed by atoms with Crippen molar-refractivity contribution in [1.82, 2.24) is 4.57 Å². The first-order chi connectivity index (χ1) is 18.5. The molecule has 1 fully saturated rings. The summed E-state index contributed by atoms with van der Waals surface area (Å²) in [7, 11) is -1.28. The van der Waals surface area contributed by atoms with Gasteiger partial charge in [-0.1, -0.05) is 35.0 Å². The molecule has 0 saturated carbocycles. The second kappa shape index (κ2) is 10.3. The summed E-state index contributed by atoms with van der Waals surface area (Å²) in [5, 5.41) is 9.75. The third-order valence-electron chi connectivity index (χ3n) is 8.05. The van der Waals surface area contributed by atoms with Gasteiger partial charge in [-0.05, 0) is 67.5 Å².